The summed E-state index contributed by atoms with van der Waals surface area (Å²) in [5.74, 6) is 1.38. The molecular weight excluding hydrogens is 368 g/mol. The Labute approximate surface area is 171 Å². The standard InChI is InChI=1S/C23H26N2O4/c26-23(25-12-5-2-6-13-25)17-28-19-9-10-20-21(11-14-27-22(20)15-19)24-29-16-18-7-3-1-4-8-18/h1,3-4,7-10,15H,2,5-6,11-14,16-17H2/b24-21+. The van der Waals surface area contributed by atoms with Crippen molar-refractivity contribution in [3.05, 3.63) is 59.7 Å². The van der Waals surface area contributed by atoms with Crippen LogP contribution in [0.3, 0.4) is 0 Å². The van der Waals surface area contributed by atoms with Crippen LogP contribution in [0.15, 0.2) is 53.7 Å². The lowest BCUT2D eigenvalue weighted by Gasteiger charge is -2.26. The molecule has 152 valence electrons. The molecule has 0 aromatic heterocycles. The van der Waals surface area contributed by atoms with Crippen molar-refractivity contribution >= 4 is 11.6 Å². The summed E-state index contributed by atoms with van der Waals surface area (Å²) in [6.07, 6.45) is 4.04. The van der Waals surface area contributed by atoms with Crippen molar-refractivity contribution in [2.24, 2.45) is 5.16 Å². The van der Waals surface area contributed by atoms with Crippen LogP contribution >= 0.6 is 0 Å². The Morgan fingerprint density at radius 2 is 1.90 bits per heavy atom. The number of carbonyl (C=O) groups is 1. The summed E-state index contributed by atoms with van der Waals surface area (Å²) in [7, 11) is 0. The number of ether oxygens (including phenoxy) is 2. The molecule has 0 N–H and O–H groups in total. The molecule has 0 bridgehead atoms. The summed E-state index contributed by atoms with van der Waals surface area (Å²) in [6.45, 7) is 2.69. The Kier molecular flexibility index (Phi) is 6.29. The van der Waals surface area contributed by atoms with E-state index in [-0.39, 0.29) is 12.5 Å². The van der Waals surface area contributed by atoms with E-state index in [0.717, 1.165) is 42.8 Å². The molecule has 6 nitrogen and oxygen atoms in total. The monoisotopic (exact) mass is 394 g/mol. The van der Waals surface area contributed by atoms with Gasteiger partial charge >= 0.3 is 0 Å². The summed E-state index contributed by atoms with van der Waals surface area (Å²) < 4.78 is 11.5. The van der Waals surface area contributed by atoms with Gasteiger partial charge in [0.25, 0.3) is 5.91 Å². The lowest BCUT2D eigenvalue weighted by Crippen LogP contribution is -2.38. The highest BCUT2D eigenvalue weighted by atomic mass is 16.6. The molecule has 0 aliphatic carbocycles. The molecule has 1 fully saturated rings. The highest BCUT2D eigenvalue weighted by Crippen LogP contribution is 2.30. The van der Waals surface area contributed by atoms with Gasteiger partial charge in [0, 0.05) is 31.1 Å². The Morgan fingerprint density at radius 1 is 1.07 bits per heavy atom. The Hall–Kier alpha value is -3.02. The highest BCUT2D eigenvalue weighted by molar-refractivity contribution is 6.03. The van der Waals surface area contributed by atoms with Crippen molar-refractivity contribution in [1.82, 2.24) is 4.90 Å². The van der Waals surface area contributed by atoms with Crippen molar-refractivity contribution in [3.63, 3.8) is 0 Å². The van der Waals surface area contributed by atoms with Gasteiger partial charge in [-0.25, -0.2) is 0 Å². The van der Waals surface area contributed by atoms with Crippen molar-refractivity contribution in [2.75, 3.05) is 26.3 Å². The summed E-state index contributed by atoms with van der Waals surface area (Å²) in [5.41, 5.74) is 2.84. The molecule has 0 unspecified atom stereocenters. The van der Waals surface area contributed by atoms with Crippen LogP contribution in [0, 0.1) is 0 Å². The van der Waals surface area contributed by atoms with Crippen molar-refractivity contribution in [3.8, 4) is 11.5 Å². The van der Waals surface area contributed by atoms with Crippen LogP contribution in [0.4, 0.5) is 0 Å². The van der Waals surface area contributed by atoms with Crippen LogP contribution in [-0.4, -0.2) is 42.8 Å². The topological polar surface area (TPSA) is 60.4 Å². The molecular formula is C23H26N2O4. The summed E-state index contributed by atoms with van der Waals surface area (Å²) in [6, 6.07) is 15.5. The molecule has 2 aromatic rings. The molecule has 0 radical (unpaired) electrons. The van der Waals surface area contributed by atoms with E-state index in [0.29, 0.717) is 31.1 Å². The number of hydrogen-bond acceptors (Lipinski definition) is 5. The molecule has 2 heterocycles. The number of amides is 1. The van der Waals surface area contributed by atoms with Crippen molar-refractivity contribution < 1.29 is 19.1 Å². The van der Waals surface area contributed by atoms with Gasteiger partial charge in [0.05, 0.1) is 12.3 Å². The summed E-state index contributed by atoms with van der Waals surface area (Å²) >= 11 is 0. The maximum Gasteiger partial charge on any atom is 0.260 e. The fraction of sp³-hybridized carbons (Fsp3) is 0.391. The molecule has 0 atom stereocenters. The van der Waals surface area contributed by atoms with Crippen LogP contribution in [0.1, 0.15) is 36.8 Å². The fourth-order valence-electron chi connectivity index (χ4n) is 3.58. The molecule has 0 saturated carbocycles. The van der Waals surface area contributed by atoms with Gasteiger partial charge < -0.3 is 19.2 Å². The average Bonchev–Trinajstić information content (AvgIpc) is 2.78. The molecule has 29 heavy (non-hydrogen) atoms. The third-order valence-corrected chi connectivity index (χ3v) is 5.18. The summed E-state index contributed by atoms with van der Waals surface area (Å²) in [5, 5.41) is 4.32. The first-order chi connectivity index (χ1) is 14.3. The lowest BCUT2D eigenvalue weighted by molar-refractivity contribution is -0.134. The number of rotatable bonds is 6. The van der Waals surface area contributed by atoms with Crippen molar-refractivity contribution in [1.29, 1.82) is 0 Å². The van der Waals surface area contributed by atoms with E-state index in [1.54, 1.807) is 0 Å². The van der Waals surface area contributed by atoms with Gasteiger partial charge in [0.1, 0.15) is 18.1 Å². The first-order valence-electron chi connectivity index (χ1n) is 10.2. The number of oxime groups is 1. The molecule has 0 spiro atoms. The zero-order chi connectivity index (χ0) is 19.9. The quantitative estimate of drug-likeness (QED) is 0.700. The number of hydrogen-bond donors (Lipinski definition) is 0. The zero-order valence-corrected chi connectivity index (χ0v) is 16.5. The number of likely N-dealkylation sites (tertiary alicyclic amines) is 1. The Balaban J connectivity index is 1.36. The van der Waals surface area contributed by atoms with E-state index in [1.165, 1.54) is 6.42 Å². The van der Waals surface area contributed by atoms with E-state index in [2.05, 4.69) is 5.16 Å². The van der Waals surface area contributed by atoms with Crippen LogP contribution in [0.25, 0.3) is 0 Å². The van der Waals surface area contributed by atoms with Crippen LogP contribution in [-0.2, 0) is 16.2 Å². The maximum absolute atomic E-state index is 12.3. The number of piperidine rings is 1. The lowest BCUT2D eigenvalue weighted by atomic mass is 10.0. The predicted molar refractivity (Wildman–Crippen MR) is 110 cm³/mol. The Morgan fingerprint density at radius 3 is 2.72 bits per heavy atom. The second-order valence-corrected chi connectivity index (χ2v) is 7.28. The van der Waals surface area contributed by atoms with Gasteiger partial charge in [-0.15, -0.1) is 0 Å². The van der Waals surface area contributed by atoms with Gasteiger partial charge in [0.15, 0.2) is 6.61 Å². The van der Waals surface area contributed by atoms with Gasteiger partial charge in [-0.1, -0.05) is 35.5 Å². The smallest absolute Gasteiger partial charge is 0.260 e. The minimum absolute atomic E-state index is 0.0416. The fourth-order valence-corrected chi connectivity index (χ4v) is 3.58. The minimum atomic E-state index is 0.0416. The molecule has 2 aromatic carbocycles. The van der Waals surface area contributed by atoms with Crippen molar-refractivity contribution in [2.45, 2.75) is 32.3 Å². The van der Waals surface area contributed by atoms with Gasteiger partial charge in [-0.3, -0.25) is 4.79 Å². The Bertz CT molecular complexity index is 860. The number of fused-ring (bicyclic) bond motifs is 1. The third kappa shape index (κ3) is 5.08. The number of carbonyl (C=O) groups excluding carboxylic acids is 1. The number of nitrogens with zero attached hydrogens (tertiary/aromatic N) is 2. The van der Waals surface area contributed by atoms with Crippen LogP contribution in [0.5, 0.6) is 11.5 Å². The summed E-state index contributed by atoms with van der Waals surface area (Å²) in [4.78, 5) is 19.7. The average molecular weight is 394 g/mol. The number of benzene rings is 2. The van der Waals surface area contributed by atoms with Crippen LogP contribution in [0.2, 0.25) is 0 Å². The molecule has 6 heteroatoms. The maximum atomic E-state index is 12.3. The highest BCUT2D eigenvalue weighted by Gasteiger charge is 2.20. The third-order valence-electron chi connectivity index (χ3n) is 5.18. The zero-order valence-electron chi connectivity index (χ0n) is 16.5. The first-order valence-corrected chi connectivity index (χ1v) is 10.2. The second-order valence-electron chi connectivity index (χ2n) is 7.28. The first kappa shape index (κ1) is 19.3. The SMILES string of the molecule is O=C(COc1ccc2c(c1)OCC/C2=N\OCc1ccccc1)N1CCCCC1. The molecule has 2 aliphatic rings. The molecule has 4 rings (SSSR count). The van der Waals surface area contributed by atoms with E-state index in [1.807, 2.05) is 53.4 Å². The predicted octanol–water partition coefficient (Wildman–Crippen LogP) is 3.78. The van der Waals surface area contributed by atoms with E-state index in [4.69, 9.17) is 14.3 Å². The van der Waals surface area contributed by atoms with E-state index < -0.39 is 0 Å². The molecule has 1 amide bonds. The molecule has 2 aliphatic heterocycles. The van der Waals surface area contributed by atoms with Gasteiger partial charge in [-0.05, 0) is 37.0 Å². The molecule has 1 saturated heterocycles. The van der Waals surface area contributed by atoms with E-state index in [9.17, 15) is 4.79 Å². The van der Waals surface area contributed by atoms with Gasteiger partial charge in [-0.2, -0.15) is 0 Å². The largest absolute Gasteiger partial charge is 0.492 e. The normalized spacial score (nSPS) is 17.4. The second kappa shape index (κ2) is 9.45. The minimum Gasteiger partial charge on any atom is -0.492 e. The van der Waals surface area contributed by atoms with Gasteiger partial charge in [0.2, 0.25) is 0 Å². The van der Waals surface area contributed by atoms with Crippen LogP contribution < -0.4 is 9.47 Å². The van der Waals surface area contributed by atoms with E-state index >= 15 is 0 Å².